The number of urea groups is 1. The van der Waals surface area contributed by atoms with Gasteiger partial charge < -0.3 is 15.3 Å². The van der Waals surface area contributed by atoms with Crippen molar-refractivity contribution >= 4 is 17.4 Å². The van der Waals surface area contributed by atoms with Crippen molar-refractivity contribution < 1.29 is 9.90 Å². The van der Waals surface area contributed by atoms with E-state index in [4.69, 9.17) is 0 Å². The molecule has 0 aliphatic carbocycles. The summed E-state index contributed by atoms with van der Waals surface area (Å²) in [7, 11) is 1.79. The lowest BCUT2D eigenvalue weighted by Gasteiger charge is -2.34. The van der Waals surface area contributed by atoms with E-state index < -0.39 is 0 Å². The fourth-order valence-electron chi connectivity index (χ4n) is 3.15. The molecule has 1 aliphatic heterocycles. The van der Waals surface area contributed by atoms with E-state index >= 15 is 0 Å². The third-order valence-electron chi connectivity index (χ3n) is 4.38. The SMILES string of the molecule is CN(Cc1cscn1)C(=O)N[C@H]1CCCN(Cc2cccc(O)c2)C1. The quantitative estimate of drug-likeness (QED) is 0.860. The maximum atomic E-state index is 12.4. The Morgan fingerprint density at radius 1 is 1.52 bits per heavy atom. The summed E-state index contributed by atoms with van der Waals surface area (Å²) in [6.45, 7) is 3.15. The Hall–Kier alpha value is -2.12. The van der Waals surface area contributed by atoms with E-state index in [0.717, 1.165) is 43.7 Å². The minimum Gasteiger partial charge on any atom is -0.508 e. The fraction of sp³-hybridized carbons (Fsp3) is 0.444. The van der Waals surface area contributed by atoms with Gasteiger partial charge in [0.05, 0.1) is 17.7 Å². The van der Waals surface area contributed by atoms with E-state index in [9.17, 15) is 9.90 Å². The van der Waals surface area contributed by atoms with Crippen molar-refractivity contribution in [3.8, 4) is 5.75 Å². The number of phenolic OH excluding ortho intramolecular Hbond substituents is 1. The maximum Gasteiger partial charge on any atom is 0.317 e. The number of carbonyl (C=O) groups excluding carboxylic acids is 1. The summed E-state index contributed by atoms with van der Waals surface area (Å²) >= 11 is 1.54. The van der Waals surface area contributed by atoms with E-state index in [1.54, 1.807) is 29.6 Å². The zero-order valence-corrected chi connectivity index (χ0v) is 15.2. The topological polar surface area (TPSA) is 68.7 Å². The van der Waals surface area contributed by atoms with Crippen molar-refractivity contribution in [2.75, 3.05) is 20.1 Å². The summed E-state index contributed by atoms with van der Waals surface area (Å²) < 4.78 is 0. The smallest absolute Gasteiger partial charge is 0.317 e. The number of benzene rings is 1. The molecule has 134 valence electrons. The van der Waals surface area contributed by atoms with Gasteiger partial charge in [-0.25, -0.2) is 9.78 Å². The third-order valence-corrected chi connectivity index (χ3v) is 5.01. The molecule has 0 saturated carbocycles. The molecule has 25 heavy (non-hydrogen) atoms. The third kappa shape index (κ3) is 5.17. The van der Waals surface area contributed by atoms with Gasteiger partial charge in [-0.2, -0.15) is 0 Å². The van der Waals surface area contributed by atoms with Crippen LogP contribution in [0.1, 0.15) is 24.1 Å². The highest BCUT2D eigenvalue weighted by molar-refractivity contribution is 7.07. The number of hydrogen-bond acceptors (Lipinski definition) is 5. The summed E-state index contributed by atoms with van der Waals surface area (Å²) in [6.07, 6.45) is 2.05. The lowest BCUT2D eigenvalue weighted by molar-refractivity contribution is 0.167. The Bertz CT molecular complexity index is 692. The minimum absolute atomic E-state index is 0.0581. The van der Waals surface area contributed by atoms with Gasteiger partial charge in [-0.05, 0) is 37.1 Å². The Labute approximate surface area is 152 Å². The van der Waals surface area contributed by atoms with Crippen LogP contribution in [0.3, 0.4) is 0 Å². The molecule has 1 fully saturated rings. The predicted octanol–water partition coefficient (Wildman–Crippen LogP) is 2.65. The van der Waals surface area contributed by atoms with Gasteiger partial charge in [0.15, 0.2) is 0 Å². The van der Waals surface area contributed by atoms with Crippen molar-refractivity contribution in [3.63, 3.8) is 0 Å². The number of thiazole rings is 1. The second-order valence-corrected chi connectivity index (χ2v) is 7.25. The molecule has 2 heterocycles. The molecule has 0 spiro atoms. The van der Waals surface area contributed by atoms with Crippen LogP contribution in [0.2, 0.25) is 0 Å². The lowest BCUT2D eigenvalue weighted by atomic mass is 10.0. The van der Waals surface area contributed by atoms with Gasteiger partial charge in [0.2, 0.25) is 0 Å². The molecule has 7 heteroatoms. The molecule has 1 atom stereocenters. The van der Waals surface area contributed by atoms with Crippen LogP contribution in [-0.4, -0.2) is 52.1 Å². The van der Waals surface area contributed by atoms with Crippen molar-refractivity contribution in [2.24, 2.45) is 0 Å². The van der Waals surface area contributed by atoms with Crippen molar-refractivity contribution in [1.82, 2.24) is 20.1 Å². The monoisotopic (exact) mass is 360 g/mol. The molecule has 0 radical (unpaired) electrons. The van der Waals surface area contributed by atoms with E-state index in [-0.39, 0.29) is 12.1 Å². The number of carbonyl (C=O) groups is 1. The van der Waals surface area contributed by atoms with E-state index in [0.29, 0.717) is 12.3 Å². The van der Waals surface area contributed by atoms with Crippen LogP contribution in [0.25, 0.3) is 0 Å². The summed E-state index contributed by atoms with van der Waals surface area (Å²) in [6, 6.07) is 7.45. The lowest BCUT2D eigenvalue weighted by Crippen LogP contribution is -2.50. The first-order chi connectivity index (χ1) is 12.1. The van der Waals surface area contributed by atoms with Gasteiger partial charge in [-0.3, -0.25) is 4.90 Å². The van der Waals surface area contributed by atoms with Crippen LogP contribution in [0, 0.1) is 0 Å². The molecule has 2 amide bonds. The van der Waals surface area contributed by atoms with Crippen LogP contribution in [-0.2, 0) is 13.1 Å². The fourth-order valence-corrected chi connectivity index (χ4v) is 3.69. The van der Waals surface area contributed by atoms with Crippen LogP contribution in [0.4, 0.5) is 4.79 Å². The highest BCUT2D eigenvalue weighted by Gasteiger charge is 2.23. The maximum absolute atomic E-state index is 12.4. The number of rotatable bonds is 5. The number of nitrogens with zero attached hydrogens (tertiary/aromatic N) is 3. The summed E-state index contributed by atoms with van der Waals surface area (Å²) in [4.78, 5) is 20.6. The van der Waals surface area contributed by atoms with Crippen LogP contribution in [0.5, 0.6) is 5.75 Å². The largest absolute Gasteiger partial charge is 0.508 e. The second-order valence-electron chi connectivity index (χ2n) is 6.53. The standard InChI is InChI=1S/C18H24N4O2S/c1-21(10-16-12-25-13-19-16)18(24)20-15-5-3-7-22(11-15)9-14-4-2-6-17(23)8-14/h2,4,6,8,12-13,15,23H,3,5,7,9-11H2,1H3,(H,20,24)/t15-/m0/s1. The average molecular weight is 360 g/mol. The molecule has 0 unspecified atom stereocenters. The van der Waals surface area contributed by atoms with E-state index in [1.165, 1.54) is 11.3 Å². The summed E-state index contributed by atoms with van der Waals surface area (Å²) in [5, 5.41) is 14.7. The molecule has 1 saturated heterocycles. The number of piperidine rings is 1. The first-order valence-electron chi connectivity index (χ1n) is 8.49. The zero-order chi connectivity index (χ0) is 17.6. The number of phenols is 1. The van der Waals surface area contributed by atoms with Crippen LogP contribution >= 0.6 is 11.3 Å². The molecule has 3 rings (SSSR count). The first-order valence-corrected chi connectivity index (χ1v) is 9.43. The Balaban J connectivity index is 1.50. The van der Waals surface area contributed by atoms with Crippen LogP contribution < -0.4 is 5.32 Å². The van der Waals surface area contributed by atoms with Crippen molar-refractivity contribution in [2.45, 2.75) is 32.0 Å². The molecule has 2 N–H and O–H groups in total. The first kappa shape index (κ1) is 17.7. The van der Waals surface area contributed by atoms with Gasteiger partial charge in [-0.15, -0.1) is 11.3 Å². The Morgan fingerprint density at radius 3 is 3.16 bits per heavy atom. The summed E-state index contributed by atoms with van der Waals surface area (Å²) in [5.41, 5.74) is 3.78. The molecule has 6 nitrogen and oxygen atoms in total. The number of nitrogens with one attached hydrogen (secondary N) is 1. The predicted molar refractivity (Wildman–Crippen MR) is 98.5 cm³/mol. The molecule has 0 bridgehead atoms. The molecule has 1 aromatic carbocycles. The Morgan fingerprint density at radius 2 is 2.40 bits per heavy atom. The van der Waals surface area contributed by atoms with Gasteiger partial charge in [0.25, 0.3) is 0 Å². The number of likely N-dealkylation sites (tertiary alicyclic amines) is 1. The van der Waals surface area contributed by atoms with E-state index in [2.05, 4.69) is 15.2 Å². The zero-order valence-electron chi connectivity index (χ0n) is 14.4. The molecular formula is C18H24N4O2S. The molecule has 1 aromatic heterocycles. The number of aromatic hydroxyl groups is 1. The van der Waals surface area contributed by atoms with E-state index in [1.807, 2.05) is 17.5 Å². The van der Waals surface area contributed by atoms with Gasteiger partial charge in [0.1, 0.15) is 5.75 Å². The van der Waals surface area contributed by atoms with Crippen molar-refractivity contribution in [3.05, 3.63) is 46.4 Å². The van der Waals surface area contributed by atoms with Gasteiger partial charge in [0, 0.05) is 31.6 Å². The highest BCUT2D eigenvalue weighted by Crippen LogP contribution is 2.17. The number of aromatic nitrogens is 1. The number of amides is 2. The molecule has 1 aliphatic rings. The van der Waals surface area contributed by atoms with Crippen molar-refractivity contribution in [1.29, 1.82) is 0 Å². The second kappa shape index (κ2) is 8.31. The number of hydrogen-bond donors (Lipinski definition) is 2. The minimum atomic E-state index is -0.0581. The van der Waals surface area contributed by atoms with Crippen LogP contribution in [0.15, 0.2) is 35.2 Å². The normalized spacial score (nSPS) is 18.0. The summed E-state index contributed by atoms with van der Waals surface area (Å²) in [5.74, 6) is 0.294. The van der Waals surface area contributed by atoms with Gasteiger partial charge >= 0.3 is 6.03 Å². The van der Waals surface area contributed by atoms with Gasteiger partial charge in [-0.1, -0.05) is 12.1 Å². The Kier molecular flexibility index (Phi) is 5.88. The highest BCUT2D eigenvalue weighted by atomic mass is 32.1. The molecular weight excluding hydrogens is 336 g/mol. The molecule has 2 aromatic rings. The average Bonchev–Trinajstić information content (AvgIpc) is 3.08.